The maximum Gasteiger partial charge on any atom is 0.162 e. The quantitative estimate of drug-likeness (QED) is 0.162. The summed E-state index contributed by atoms with van der Waals surface area (Å²) < 4.78 is 46.2. The van der Waals surface area contributed by atoms with E-state index in [2.05, 4.69) is 29.9 Å². The molecule has 228 valence electrons. The Balaban J connectivity index is 1.91. The van der Waals surface area contributed by atoms with Gasteiger partial charge in [-0.25, -0.2) is 43.1 Å². The van der Waals surface area contributed by atoms with Crippen LogP contribution in [-0.2, 0) is 0 Å². The molecule has 0 bridgehead atoms. The Labute approximate surface area is 278 Å². The lowest BCUT2D eigenvalue weighted by molar-refractivity contribution is 0.621. The number of nitriles is 9. The monoisotopic (exact) mass is 663 g/mol. The molecular weight excluding hydrogens is 663 g/mol. The number of benzene rings is 4. The summed E-state index contributed by atoms with van der Waals surface area (Å²) >= 11 is 0. The van der Waals surface area contributed by atoms with Crippen LogP contribution in [0.25, 0.3) is 66.2 Å². The summed E-state index contributed by atoms with van der Waals surface area (Å²) in [5.41, 5.74) is -12.2. The third-order valence-corrected chi connectivity index (χ3v) is 7.85. The average molecular weight is 663 g/mol. The number of hydrogen-bond donors (Lipinski definition) is 0. The second-order valence-electron chi connectivity index (χ2n) is 10.2. The fourth-order valence-corrected chi connectivity index (χ4v) is 5.66. The second kappa shape index (κ2) is 10.7. The molecule has 0 saturated heterocycles. The zero-order valence-electron chi connectivity index (χ0n) is 24.3. The van der Waals surface area contributed by atoms with Crippen molar-refractivity contribution in [1.29, 1.82) is 47.4 Å². The van der Waals surface area contributed by atoms with Crippen molar-refractivity contribution in [3.8, 4) is 54.6 Å². The molecule has 0 aliphatic rings. The highest BCUT2D eigenvalue weighted by atomic mass is 19.1. The predicted octanol–water partition coefficient (Wildman–Crippen LogP) is 4.24. The molecule has 0 spiro atoms. The number of hydrogen-bond acceptors (Lipinski definition) is 15. The van der Waals surface area contributed by atoms with Crippen LogP contribution in [0.1, 0.15) is 50.1 Å². The van der Waals surface area contributed by atoms with Gasteiger partial charge in [-0.1, -0.05) is 0 Å². The van der Waals surface area contributed by atoms with Gasteiger partial charge in [-0.2, -0.15) is 47.4 Å². The summed E-state index contributed by atoms with van der Waals surface area (Å²) in [6, 6.07) is 14.2. The van der Waals surface area contributed by atoms with Gasteiger partial charge in [0.1, 0.15) is 171 Å². The highest BCUT2D eigenvalue weighted by Gasteiger charge is 2.29. The standard InChI is InChI=1S/C33F3N15/c34-19-10(1-37)13(4-40)22-25(16(19)7-43)49-31-28(46-22)32-30(48-23-14(5-41)11(2-38)20(35)17(8-44)26(23)50-32)33-29(31)47-24-15(6-42)12(3-39)21(36)18(9-45)27(24)51-33. The van der Waals surface area contributed by atoms with Gasteiger partial charge < -0.3 is 0 Å². The Kier molecular flexibility index (Phi) is 6.42. The fraction of sp³-hybridized carbons (Fsp3) is 0. The Hall–Kier alpha value is -9.12. The van der Waals surface area contributed by atoms with Crippen LogP contribution in [0.5, 0.6) is 0 Å². The lowest BCUT2D eigenvalue weighted by Crippen LogP contribution is -2.07. The van der Waals surface area contributed by atoms with Crippen molar-refractivity contribution in [2.24, 2.45) is 0 Å². The smallest absolute Gasteiger partial charge is 0.162 e. The van der Waals surface area contributed by atoms with E-state index >= 15 is 13.2 Å². The molecule has 0 N–H and O–H groups in total. The van der Waals surface area contributed by atoms with Gasteiger partial charge in [0.05, 0.1) is 0 Å². The Morgan fingerprint density at radius 2 is 0.392 bits per heavy atom. The molecule has 7 aromatic rings. The number of nitrogens with zero attached hydrogens (tertiary/aromatic N) is 15. The minimum atomic E-state index is -1.39. The number of rotatable bonds is 0. The largest absolute Gasteiger partial charge is 0.241 e. The zero-order chi connectivity index (χ0) is 36.5. The van der Waals surface area contributed by atoms with Crippen LogP contribution in [0.15, 0.2) is 0 Å². The van der Waals surface area contributed by atoms with Gasteiger partial charge in [0, 0.05) is 0 Å². The maximum atomic E-state index is 15.4. The highest BCUT2D eigenvalue weighted by molar-refractivity contribution is 6.22. The Morgan fingerprint density at radius 3 is 0.549 bits per heavy atom. The van der Waals surface area contributed by atoms with E-state index in [9.17, 15) is 47.4 Å². The van der Waals surface area contributed by atoms with E-state index < -0.39 is 117 Å². The van der Waals surface area contributed by atoms with Gasteiger partial charge in [0.25, 0.3) is 0 Å². The molecule has 0 unspecified atom stereocenters. The van der Waals surface area contributed by atoms with Gasteiger partial charge >= 0.3 is 0 Å². The minimum Gasteiger partial charge on any atom is -0.241 e. The molecule has 7 rings (SSSR count). The third-order valence-electron chi connectivity index (χ3n) is 7.85. The van der Waals surface area contributed by atoms with Crippen molar-refractivity contribution < 1.29 is 13.2 Å². The zero-order valence-corrected chi connectivity index (χ0v) is 24.3. The molecule has 4 aromatic carbocycles. The maximum absolute atomic E-state index is 15.4. The van der Waals surface area contributed by atoms with Gasteiger partial charge in [-0.05, 0) is 0 Å². The van der Waals surface area contributed by atoms with Gasteiger partial charge in [-0.15, -0.1) is 0 Å². The molecule has 18 heteroatoms. The molecule has 0 radical (unpaired) electrons. The summed E-state index contributed by atoms with van der Waals surface area (Å²) in [4.78, 5) is 26.3. The molecular formula is C33F3N15. The van der Waals surface area contributed by atoms with Gasteiger partial charge in [-0.3, -0.25) is 0 Å². The summed E-state index contributed by atoms with van der Waals surface area (Å²) in [5, 5.41) is 88.2. The molecule has 15 nitrogen and oxygen atoms in total. The molecule has 0 fully saturated rings. The van der Waals surface area contributed by atoms with Crippen molar-refractivity contribution in [3.63, 3.8) is 0 Å². The molecule has 3 heterocycles. The minimum absolute atomic E-state index is 0.377. The first-order valence-electron chi connectivity index (χ1n) is 13.5. The van der Waals surface area contributed by atoms with E-state index in [4.69, 9.17) is 0 Å². The van der Waals surface area contributed by atoms with E-state index in [0.29, 0.717) is 0 Å². The fourth-order valence-electron chi connectivity index (χ4n) is 5.66. The molecule has 0 aliphatic heterocycles. The summed E-state index contributed by atoms with van der Waals surface area (Å²) in [6.45, 7) is 0. The number of halogens is 3. The van der Waals surface area contributed by atoms with E-state index in [-0.39, 0.29) is 16.6 Å². The predicted molar refractivity (Wildman–Crippen MR) is 161 cm³/mol. The molecule has 0 amide bonds. The molecule has 0 saturated carbocycles. The summed E-state index contributed by atoms with van der Waals surface area (Å²) in [7, 11) is 0. The van der Waals surface area contributed by atoms with Crippen LogP contribution in [0.2, 0.25) is 0 Å². The molecule has 0 atom stereocenters. The molecule has 51 heavy (non-hydrogen) atoms. The van der Waals surface area contributed by atoms with E-state index in [1.54, 1.807) is 36.4 Å². The van der Waals surface area contributed by atoms with Gasteiger partial charge in [0.2, 0.25) is 0 Å². The molecule has 0 aliphatic carbocycles. The van der Waals surface area contributed by atoms with Crippen LogP contribution >= 0.6 is 0 Å². The van der Waals surface area contributed by atoms with E-state index in [1.807, 2.05) is 0 Å². The SMILES string of the molecule is N#Cc1c(F)c(C#N)c2nc3c4nc5c(C#N)c(C#N)c(F)c(C#N)c5nc4c4nc5c(C#N)c(C#N)c(F)c(C#N)c5nc4c3nc2c1C#N. The van der Waals surface area contributed by atoms with Crippen molar-refractivity contribution >= 4 is 66.2 Å². The first-order valence-corrected chi connectivity index (χ1v) is 13.5. The third kappa shape index (κ3) is 3.72. The van der Waals surface area contributed by atoms with Crippen molar-refractivity contribution in [2.45, 2.75) is 0 Å². The Morgan fingerprint density at radius 1 is 0.235 bits per heavy atom. The van der Waals surface area contributed by atoms with E-state index in [0.717, 1.165) is 0 Å². The first kappa shape index (κ1) is 30.5. The van der Waals surface area contributed by atoms with Crippen LogP contribution in [0.4, 0.5) is 13.2 Å². The van der Waals surface area contributed by atoms with Crippen molar-refractivity contribution in [1.82, 2.24) is 29.9 Å². The first-order chi connectivity index (χ1) is 24.7. The van der Waals surface area contributed by atoms with E-state index in [1.165, 1.54) is 18.2 Å². The second-order valence-corrected chi connectivity index (χ2v) is 10.2. The lowest BCUT2D eigenvalue weighted by atomic mass is 9.99. The van der Waals surface area contributed by atoms with Crippen LogP contribution < -0.4 is 0 Å². The number of aromatic nitrogens is 6. The summed E-state index contributed by atoms with van der Waals surface area (Å²) in [5.74, 6) is -4.18. The number of fused-ring (bicyclic) bond motifs is 9. The average Bonchev–Trinajstić information content (AvgIpc) is 3.14. The highest BCUT2D eigenvalue weighted by Crippen LogP contribution is 2.38. The Bertz CT molecular complexity index is 2960. The topological polar surface area (TPSA) is 291 Å². The van der Waals surface area contributed by atoms with Crippen LogP contribution in [-0.4, -0.2) is 29.9 Å². The van der Waals surface area contributed by atoms with Crippen LogP contribution in [0, 0.1) is 119 Å². The van der Waals surface area contributed by atoms with Crippen molar-refractivity contribution in [3.05, 3.63) is 67.5 Å². The van der Waals surface area contributed by atoms with Crippen molar-refractivity contribution in [2.75, 3.05) is 0 Å². The van der Waals surface area contributed by atoms with Crippen LogP contribution in [0.3, 0.4) is 0 Å². The van der Waals surface area contributed by atoms with Gasteiger partial charge in [0.15, 0.2) is 17.5 Å². The molecule has 3 aromatic heterocycles. The summed E-state index contributed by atoms with van der Waals surface area (Å²) in [6.07, 6.45) is 0. The normalized spacial score (nSPS) is 10.5. The lowest BCUT2D eigenvalue weighted by Gasteiger charge is -2.14.